The minimum atomic E-state index is -0.0840. The van der Waals surface area contributed by atoms with Crippen LogP contribution in [0, 0.1) is 0 Å². The summed E-state index contributed by atoms with van der Waals surface area (Å²) in [5, 5.41) is 7.05. The van der Waals surface area contributed by atoms with Gasteiger partial charge in [-0.05, 0) is 29.8 Å². The number of thiophene rings is 1. The fraction of sp³-hybridized carbons (Fsp3) is 0.0952. The molecule has 0 unspecified atom stereocenters. The van der Waals surface area contributed by atoms with Crippen LogP contribution in [0.25, 0.3) is 32.2 Å². The SMILES string of the molecule is Cl.O=c1c2c(-c3ccncc3)csc2cnn1CCc1cnc2ccccc2n1. The molecule has 0 N–H and O–H groups in total. The lowest BCUT2D eigenvalue weighted by Crippen LogP contribution is -2.23. The van der Waals surface area contributed by atoms with Gasteiger partial charge in [-0.1, -0.05) is 12.1 Å². The molecule has 0 aliphatic rings. The highest BCUT2D eigenvalue weighted by Crippen LogP contribution is 2.30. The Morgan fingerprint density at radius 1 is 1.00 bits per heavy atom. The zero-order valence-electron chi connectivity index (χ0n) is 15.2. The smallest absolute Gasteiger partial charge is 0.267 e. The molecule has 5 aromatic rings. The molecule has 0 fully saturated rings. The highest BCUT2D eigenvalue weighted by atomic mass is 35.5. The van der Waals surface area contributed by atoms with E-state index in [-0.39, 0.29) is 18.0 Å². The molecule has 5 rings (SSSR count). The lowest BCUT2D eigenvalue weighted by molar-refractivity contribution is 0.579. The van der Waals surface area contributed by atoms with Crippen LogP contribution in [0.15, 0.2) is 71.4 Å². The minimum Gasteiger partial charge on any atom is -0.267 e. The second kappa shape index (κ2) is 8.06. The van der Waals surface area contributed by atoms with Crippen molar-refractivity contribution in [2.24, 2.45) is 0 Å². The second-order valence-electron chi connectivity index (χ2n) is 6.40. The van der Waals surface area contributed by atoms with E-state index >= 15 is 0 Å². The van der Waals surface area contributed by atoms with Crippen molar-refractivity contribution in [2.45, 2.75) is 13.0 Å². The van der Waals surface area contributed by atoms with Crippen LogP contribution in [0.2, 0.25) is 0 Å². The second-order valence-corrected chi connectivity index (χ2v) is 7.31. The quantitative estimate of drug-likeness (QED) is 0.436. The van der Waals surface area contributed by atoms with Crippen molar-refractivity contribution in [1.29, 1.82) is 0 Å². The lowest BCUT2D eigenvalue weighted by atomic mass is 10.1. The third-order valence-electron chi connectivity index (χ3n) is 4.65. The molecule has 29 heavy (non-hydrogen) atoms. The van der Waals surface area contributed by atoms with Gasteiger partial charge in [0.15, 0.2) is 0 Å². The fourth-order valence-electron chi connectivity index (χ4n) is 3.23. The molecular weight excluding hydrogens is 406 g/mol. The number of rotatable bonds is 4. The number of aromatic nitrogens is 5. The van der Waals surface area contributed by atoms with Crippen molar-refractivity contribution in [1.82, 2.24) is 24.7 Å². The van der Waals surface area contributed by atoms with Gasteiger partial charge >= 0.3 is 0 Å². The van der Waals surface area contributed by atoms with E-state index in [1.54, 1.807) is 24.8 Å². The topological polar surface area (TPSA) is 73.6 Å². The van der Waals surface area contributed by atoms with E-state index < -0.39 is 0 Å². The maximum Gasteiger partial charge on any atom is 0.276 e. The average molecular weight is 422 g/mol. The van der Waals surface area contributed by atoms with Crippen LogP contribution >= 0.6 is 23.7 Å². The Morgan fingerprint density at radius 3 is 2.62 bits per heavy atom. The van der Waals surface area contributed by atoms with Gasteiger partial charge in [-0.25, -0.2) is 9.67 Å². The molecular formula is C21H16ClN5OS. The molecule has 6 nitrogen and oxygen atoms in total. The summed E-state index contributed by atoms with van der Waals surface area (Å²) in [5.41, 5.74) is 4.38. The standard InChI is InChI=1S/C21H15N5OS.ClH/c27-21-20-16(14-5-8-22-9-6-14)13-28-19(20)12-24-26(21)10-7-15-11-23-17-3-1-2-4-18(17)25-15;/h1-6,8-9,11-13H,7,10H2;1H. The first-order valence-corrected chi connectivity index (χ1v) is 9.76. The van der Waals surface area contributed by atoms with Gasteiger partial charge in [0, 0.05) is 36.0 Å². The molecule has 0 saturated heterocycles. The Kier molecular flexibility index (Phi) is 5.33. The minimum absolute atomic E-state index is 0. The molecule has 8 heteroatoms. The molecule has 4 heterocycles. The van der Waals surface area contributed by atoms with E-state index in [0.717, 1.165) is 32.6 Å². The van der Waals surface area contributed by atoms with Gasteiger partial charge in [0.1, 0.15) is 0 Å². The van der Waals surface area contributed by atoms with Crippen LogP contribution in [-0.2, 0) is 13.0 Å². The Balaban J connectivity index is 0.00000205. The van der Waals surface area contributed by atoms with E-state index in [2.05, 4.69) is 20.1 Å². The molecule has 1 aromatic carbocycles. The maximum atomic E-state index is 13.1. The summed E-state index contributed by atoms with van der Waals surface area (Å²) in [5.74, 6) is 0. The predicted octanol–water partition coefficient (Wildman–Crippen LogP) is 4.13. The number of pyridine rings is 1. The van der Waals surface area contributed by atoms with Crippen molar-refractivity contribution in [3.05, 3.63) is 82.6 Å². The highest BCUT2D eigenvalue weighted by Gasteiger charge is 2.13. The van der Waals surface area contributed by atoms with Gasteiger partial charge in [-0.15, -0.1) is 23.7 Å². The van der Waals surface area contributed by atoms with Gasteiger partial charge in [-0.2, -0.15) is 5.10 Å². The zero-order chi connectivity index (χ0) is 18.9. The van der Waals surface area contributed by atoms with Crippen molar-refractivity contribution < 1.29 is 0 Å². The van der Waals surface area contributed by atoms with Gasteiger partial charge < -0.3 is 0 Å². The van der Waals surface area contributed by atoms with Crippen molar-refractivity contribution in [2.75, 3.05) is 0 Å². The molecule has 0 saturated carbocycles. The Hall–Kier alpha value is -3.16. The summed E-state index contributed by atoms with van der Waals surface area (Å²) in [4.78, 5) is 26.2. The van der Waals surface area contributed by atoms with Crippen LogP contribution in [-0.4, -0.2) is 24.7 Å². The van der Waals surface area contributed by atoms with E-state index in [1.165, 1.54) is 16.0 Å². The number of fused-ring (bicyclic) bond motifs is 2. The van der Waals surface area contributed by atoms with Crippen LogP contribution in [0.3, 0.4) is 0 Å². The predicted molar refractivity (Wildman–Crippen MR) is 118 cm³/mol. The maximum absolute atomic E-state index is 13.1. The molecule has 0 radical (unpaired) electrons. The summed E-state index contributed by atoms with van der Waals surface area (Å²) >= 11 is 1.53. The van der Waals surface area contributed by atoms with E-state index in [1.807, 2.05) is 41.8 Å². The van der Waals surface area contributed by atoms with Crippen LogP contribution in [0.1, 0.15) is 5.69 Å². The van der Waals surface area contributed by atoms with E-state index in [0.29, 0.717) is 18.4 Å². The first-order chi connectivity index (χ1) is 13.8. The number of halogens is 1. The van der Waals surface area contributed by atoms with Crippen LogP contribution < -0.4 is 5.56 Å². The number of para-hydroxylation sites is 2. The number of nitrogens with zero attached hydrogens (tertiary/aromatic N) is 5. The number of hydrogen-bond donors (Lipinski definition) is 0. The Bertz CT molecular complexity index is 1350. The molecule has 0 bridgehead atoms. The first kappa shape index (κ1) is 19.2. The Morgan fingerprint density at radius 2 is 1.79 bits per heavy atom. The largest absolute Gasteiger partial charge is 0.276 e. The molecule has 0 aliphatic heterocycles. The normalized spacial score (nSPS) is 10.9. The molecule has 0 amide bonds. The molecule has 144 valence electrons. The van der Waals surface area contributed by atoms with Crippen LogP contribution in [0.5, 0.6) is 0 Å². The highest BCUT2D eigenvalue weighted by molar-refractivity contribution is 7.17. The summed E-state index contributed by atoms with van der Waals surface area (Å²) in [6.45, 7) is 0.452. The van der Waals surface area contributed by atoms with Gasteiger partial charge in [0.25, 0.3) is 5.56 Å². The average Bonchev–Trinajstić information content (AvgIpc) is 3.19. The van der Waals surface area contributed by atoms with E-state index in [9.17, 15) is 4.79 Å². The lowest BCUT2D eigenvalue weighted by Gasteiger charge is -2.06. The summed E-state index contributed by atoms with van der Waals surface area (Å²) in [6.07, 6.45) is 7.58. The fourth-order valence-corrected chi connectivity index (χ4v) is 4.15. The van der Waals surface area contributed by atoms with Gasteiger partial charge in [-0.3, -0.25) is 14.8 Å². The molecule has 0 atom stereocenters. The number of benzene rings is 1. The van der Waals surface area contributed by atoms with Crippen molar-refractivity contribution in [3.63, 3.8) is 0 Å². The zero-order valence-corrected chi connectivity index (χ0v) is 16.9. The monoisotopic (exact) mass is 421 g/mol. The molecule has 0 spiro atoms. The number of hydrogen-bond acceptors (Lipinski definition) is 6. The Labute approximate surface area is 176 Å². The van der Waals surface area contributed by atoms with Crippen LogP contribution in [0.4, 0.5) is 0 Å². The first-order valence-electron chi connectivity index (χ1n) is 8.88. The summed E-state index contributed by atoms with van der Waals surface area (Å²) < 4.78 is 2.40. The third-order valence-corrected chi connectivity index (χ3v) is 5.57. The van der Waals surface area contributed by atoms with Gasteiger partial charge in [0.05, 0.1) is 39.6 Å². The summed E-state index contributed by atoms with van der Waals surface area (Å²) in [7, 11) is 0. The molecule has 0 aliphatic carbocycles. The van der Waals surface area contributed by atoms with Crippen molar-refractivity contribution >= 4 is 44.9 Å². The van der Waals surface area contributed by atoms with Gasteiger partial charge in [0.2, 0.25) is 0 Å². The third kappa shape index (κ3) is 3.62. The molecule has 4 aromatic heterocycles. The van der Waals surface area contributed by atoms with E-state index in [4.69, 9.17) is 0 Å². The number of aryl methyl sites for hydroxylation is 2. The van der Waals surface area contributed by atoms with Crippen molar-refractivity contribution in [3.8, 4) is 11.1 Å². The summed E-state index contributed by atoms with van der Waals surface area (Å²) in [6, 6.07) is 11.6.